The zero-order valence-electron chi connectivity index (χ0n) is 9.68. The van der Waals surface area contributed by atoms with Crippen LogP contribution in [0.15, 0.2) is 12.1 Å². The monoisotopic (exact) mass is 192 g/mol. The Morgan fingerprint density at radius 2 is 1.64 bits per heavy atom. The lowest BCUT2D eigenvalue weighted by molar-refractivity contribution is 0.120. The molecular formula is C13H20O. The summed E-state index contributed by atoms with van der Waals surface area (Å²) < 4.78 is 5.57. The first-order valence-corrected chi connectivity index (χ1v) is 5.29. The van der Waals surface area contributed by atoms with E-state index < -0.39 is 0 Å². The fourth-order valence-corrected chi connectivity index (χ4v) is 1.76. The topological polar surface area (TPSA) is 9.23 Å². The van der Waals surface area contributed by atoms with E-state index in [1.807, 2.05) is 0 Å². The number of hydrogen-bond donors (Lipinski definition) is 0. The van der Waals surface area contributed by atoms with Crippen LogP contribution in [0.1, 0.15) is 35.6 Å². The van der Waals surface area contributed by atoms with Crippen molar-refractivity contribution in [3.8, 4) is 0 Å². The van der Waals surface area contributed by atoms with Crippen LogP contribution in [0.25, 0.3) is 0 Å². The van der Waals surface area contributed by atoms with Crippen molar-refractivity contribution >= 4 is 0 Å². The largest absolute Gasteiger partial charge is 0.377 e. The van der Waals surface area contributed by atoms with Crippen LogP contribution in [0.2, 0.25) is 0 Å². The average Bonchev–Trinajstić information content (AvgIpc) is 2.09. The SMILES string of the molecule is CCCOCc1c(C)cc(C)cc1C. The van der Waals surface area contributed by atoms with E-state index in [1.54, 1.807) is 0 Å². The maximum Gasteiger partial charge on any atom is 0.0721 e. The highest BCUT2D eigenvalue weighted by Gasteiger charge is 2.03. The molecule has 1 rings (SSSR count). The van der Waals surface area contributed by atoms with Crippen molar-refractivity contribution in [2.24, 2.45) is 0 Å². The van der Waals surface area contributed by atoms with Gasteiger partial charge in [0.05, 0.1) is 6.61 Å². The quantitative estimate of drug-likeness (QED) is 0.663. The van der Waals surface area contributed by atoms with Crippen LogP contribution in [0.4, 0.5) is 0 Å². The molecule has 0 aromatic heterocycles. The van der Waals surface area contributed by atoms with Gasteiger partial charge in [0.25, 0.3) is 0 Å². The summed E-state index contributed by atoms with van der Waals surface area (Å²) in [5, 5.41) is 0. The second-order valence-electron chi connectivity index (χ2n) is 3.93. The van der Waals surface area contributed by atoms with Gasteiger partial charge < -0.3 is 4.74 Å². The molecule has 0 heterocycles. The third-order valence-electron chi connectivity index (χ3n) is 2.44. The molecule has 0 aliphatic carbocycles. The van der Waals surface area contributed by atoms with Crippen LogP contribution >= 0.6 is 0 Å². The molecule has 78 valence electrons. The molecule has 0 fully saturated rings. The highest BCUT2D eigenvalue weighted by Crippen LogP contribution is 2.17. The van der Waals surface area contributed by atoms with Gasteiger partial charge in [-0.3, -0.25) is 0 Å². The Hall–Kier alpha value is -0.820. The average molecular weight is 192 g/mol. The lowest BCUT2D eigenvalue weighted by Gasteiger charge is -2.11. The Morgan fingerprint density at radius 3 is 2.14 bits per heavy atom. The molecule has 0 bridgehead atoms. The first kappa shape index (κ1) is 11.3. The molecule has 1 nitrogen and oxygen atoms in total. The second-order valence-corrected chi connectivity index (χ2v) is 3.93. The van der Waals surface area contributed by atoms with Crippen LogP contribution in [0, 0.1) is 20.8 Å². The standard InChI is InChI=1S/C13H20O/c1-5-6-14-9-13-11(3)7-10(2)8-12(13)4/h7-8H,5-6,9H2,1-4H3. The first-order valence-electron chi connectivity index (χ1n) is 5.29. The molecule has 14 heavy (non-hydrogen) atoms. The molecular weight excluding hydrogens is 172 g/mol. The predicted octanol–water partition coefficient (Wildman–Crippen LogP) is 3.54. The van der Waals surface area contributed by atoms with Crippen LogP contribution in [-0.2, 0) is 11.3 Å². The Kier molecular flexibility index (Phi) is 4.15. The van der Waals surface area contributed by atoms with E-state index >= 15 is 0 Å². The van der Waals surface area contributed by atoms with Crippen molar-refractivity contribution in [2.75, 3.05) is 6.61 Å². The summed E-state index contributed by atoms with van der Waals surface area (Å²) in [7, 11) is 0. The maximum atomic E-state index is 5.57. The molecule has 1 heteroatoms. The molecule has 1 aromatic rings. The minimum atomic E-state index is 0.756. The smallest absolute Gasteiger partial charge is 0.0721 e. The molecule has 0 saturated heterocycles. The summed E-state index contributed by atoms with van der Waals surface area (Å²) >= 11 is 0. The highest BCUT2D eigenvalue weighted by molar-refractivity contribution is 5.36. The molecule has 0 aliphatic rings. The second kappa shape index (κ2) is 5.16. The van der Waals surface area contributed by atoms with Gasteiger partial charge in [-0.05, 0) is 43.9 Å². The number of hydrogen-bond acceptors (Lipinski definition) is 1. The third kappa shape index (κ3) is 2.85. The van der Waals surface area contributed by atoms with E-state index in [0.717, 1.165) is 19.6 Å². The van der Waals surface area contributed by atoms with Crippen molar-refractivity contribution in [1.29, 1.82) is 0 Å². The Morgan fingerprint density at radius 1 is 1.07 bits per heavy atom. The Labute approximate surface area is 87.1 Å². The van der Waals surface area contributed by atoms with Gasteiger partial charge >= 0.3 is 0 Å². The van der Waals surface area contributed by atoms with E-state index in [1.165, 1.54) is 22.3 Å². The Bertz CT molecular complexity index is 279. The van der Waals surface area contributed by atoms with E-state index in [0.29, 0.717) is 0 Å². The number of aryl methyl sites for hydroxylation is 3. The summed E-state index contributed by atoms with van der Waals surface area (Å²) in [5.41, 5.74) is 5.38. The van der Waals surface area contributed by atoms with Crippen molar-refractivity contribution in [3.05, 3.63) is 34.4 Å². The number of rotatable bonds is 4. The summed E-state index contributed by atoms with van der Waals surface area (Å²) in [5.74, 6) is 0. The van der Waals surface area contributed by atoms with Gasteiger partial charge in [-0.2, -0.15) is 0 Å². The highest BCUT2D eigenvalue weighted by atomic mass is 16.5. The van der Waals surface area contributed by atoms with Crippen molar-refractivity contribution in [1.82, 2.24) is 0 Å². The lowest BCUT2D eigenvalue weighted by atomic mass is 10.0. The van der Waals surface area contributed by atoms with Gasteiger partial charge in [0, 0.05) is 6.61 Å². The van der Waals surface area contributed by atoms with E-state index in [4.69, 9.17) is 4.74 Å². The van der Waals surface area contributed by atoms with Gasteiger partial charge in [-0.1, -0.05) is 24.6 Å². The number of benzene rings is 1. The maximum absolute atomic E-state index is 5.57. The Balaban J connectivity index is 2.75. The first-order chi connectivity index (χ1) is 6.65. The number of ether oxygens (including phenoxy) is 1. The van der Waals surface area contributed by atoms with Crippen LogP contribution in [0.3, 0.4) is 0 Å². The third-order valence-corrected chi connectivity index (χ3v) is 2.44. The fraction of sp³-hybridized carbons (Fsp3) is 0.538. The van der Waals surface area contributed by atoms with Crippen LogP contribution in [0.5, 0.6) is 0 Å². The van der Waals surface area contributed by atoms with Crippen molar-refractivity contribution < 1.29 is 4.74 Å². The fourth-order valence-electron chi connectivity index (χ4n) is 1.76. The molecule has 0 atom stereocenters. The molecule has 0 N–H and O–H groups in total. The van der Waals surface area contributed by atoms with Gasteiger partial charge in [0.15, 0.2) is 0 Å². The molecule has 0 saturated carbocycles. The van der Waals surface area contributed by atoms with E-state index in [-0.39, 0.29) is 0 Å². The zero-order valence-corrected chi connectivity index (χ0v) is 9.68. The van der Waals surface area contributed by atoms with Crippen molar-refractivity contribution in [3.63, 3.8) is 0 Å². The van der Waals surface area contributed by atoms with Crippen LogP contribution in [-0.4, -0.2) is 6.61 Å². The van der Waals surface area contributed by atoms with Gasteiger partial charge in [-0.15, -0.1) is 0 Å². The molecule has 0 aliphatic heterocycles. The summed E-state index contributed by atoms with van der Waals surface area (Å²) in [6, 6.07) is 4.44. The summed E-state index contributed by atoms with van der Waals surface area (Å²) in [6.07, 6.45) is 1.09. The minimum absolute atomic E-state index is 0.756. The molecule has 0 amide bonds. The normalized spacial score (nSPS) is 10.6. The summed E-state index contributed by atoms with van der Waals surface area (Å²) in [4.78, 5) is 0. The van der Waals surface area contributed by atoms with E-state index in [2.05, 4.69) is 39.8 Å². The molecule has 0 unspecified atom stereocenters. The summed E-state index contributed by atoms with van der Waals surface area (Å²) in [6.45, 7) is 10.2. The van der Waals surface area contributed by atoms with Crippen LogP contribution < -0.4 is 0 Å². The van der Waals surface area contributed by atoms with Crippen molar-refractivity contribution in [2.45, 2.75) is 40.7 Å². The van der Waals surface area contributed by atoms with Gasteiger partial charge in [0.2, 0.25) is 0 Å². The van der Waals surface area contributed by atoms with Gasteiger partial charge in [-0.25, -0.2) is 0 Å². The van der Waals surface area contributed by atoms with Gasteiger partial charge in [0.1, 0.15) is 0 Å². The van der Waals surface area contributed by atoms with E-state index in [9.17, 15) is 0 Å². The molecule has 1 aromatic carbocycles. The predicted molar refractivity (Wildman–Crippen MR) is 60.6 cm³/mol. The minimum Gasteiger partial charge on any atom is -0.377 e. The lowest BCUT2D eigenvalue weighted by Crippen LogP contribution is -1.99. The zero-order chi connectivity index (χ0) is 10.6. The molecule has 0 radical (unpaired) electrons. The molecule has 0 spiro atoms.